The third-order valence-electron chi connectivity index (χ3n) is 6.22. The minimum Gasteiger partial charge on any atom is -0.481 e. The molecule has 0 unspecified atom stereocenters. The smallest absolute Gasteiger partial charge is 0.310 e. The van der Waals surface area contributed by atoms with Crippen molar-refractivity contribution in [3.8, 4) is 22.8 Å². The maximum Gasteiger partial charge on any atom is 0.310 e. The zero-order valence-electron chi connectivity index (χ0n) is 16.5. The Balaban J connectivity index is 1.43. The summed E-state index contributed by atoms with van der Waals surface area (Å²) in [5, 5.41) is 9.90. The van der Waals surface area contributed by atoms with Gasteiger partial charge in [-0.25, -0.2) is 4.98 Å². The van der Waals surface area contributed by atoms with Gasteiger partial charge in [-0.15, -0.1) is 0 Å². The van der Waals surface area contributed by atoms with Crippen LogP contribution in [0.5, 0.6) is 0 Å². The first-order valence-electron chi connectivity index (χ1n) is 9.99. The summed E-state index contributed by atoms with van der Waals surface area (Å²) < 4.78 is 5.94. The van der Waals surface area contributed by atoms with E-state index in [9.17, 15) is 9.90 Å². The summed E-state index contributed by atoms with van der Waals surface area (Å²) in [5.41, 5.74) is 3.15. The van der Waals surface area contributed by atoms with Crippen LogP contribution >= 0.6 is 0 Å². The molecule has 1 N–H and O–H groups in total. The standard InChI is InChI=1S/C26H21NO3/c1-26(25(28)29)22(18-8-4-2-5-9-18)23(26)19-14-12-17(13-15-19)21-16-27-24(30-21)20-10-6-3-7-11-20/h2-16,22-23H,1H3,(H,28,29)/t22-,23-,26+/m0/s1. The van der Waals surface area contributed by atoms with E-state index >= 15 is 0 Å². The molecule has 1 aromatic heterocycles. The van der Waals surface area contributed by atoms with E-state index in [1.165, 1.54) is 0 Å². The predicted molar refractivity (Wildman–Crippen MR) is 115 cm³/mol. The van der Waals surface area contributed by atoms with Crippen molar-refractivity contribution >= 4 is 5.97 Å². The predicted octanol–water partition coefficient (Wildman–Crippen LogP) is 5.98. The number of carboxylic acids is 1. The second-order valence-corrected chi connectivity index (χ2v) is 7.97. The summed E-state index contributed by atoms with van der Waals surface area (Å²) in [7, 11) is 0. The Kier molecular flexibility index (Phi) is 4.28. The average molecular weight is 395 g/mol. The first-order valence-corrected chi connectivity index (χ1v) is 9.99. The molecule has 1 aliphatic carbocycles. The first-order chi connectivity index (χ1) is 14.6. The second kappa shape index (κ2) is 6.99. The number of benzene rings is 3. The van der Waals surface area contributed by atoms with E-state index in [0.717, 1.165) is 22.3 Å². The van der Waals surface area contributed by atoms with Gasteiger partial charge in [0.25, 0.3) is 0 Å². The van der Waals surface area contributed by atoms with Crippen molar-refractivity contribution in [2.75, 3.05) is 0 Å². The molecule has 0 radical (unpaired) electrons. The largest absolute Gasteiger partial charge is 0.481 e. The fourth-order valence-corrected chi connectivity index (χ4v) is 4.49. The summed E-state index contributed by atoms with van der Waals surface area (Å²) in [4.78, 5) is 16.4. The summed E-state index contributed by atoms with van der Waals surface area (Å²) in [6.07, 6.45) is 1.72. The molecule has 0 bridgehead atoms. The van der Waals surface area contributed by atoms with Gasteiger partial charge in [0.2, 0.25) is 5.89 Å². The molecule has 4 nitrogen and oxygen atoms in total. The van der Waals surface area contributed by atoms with Gasteiger partial charge in [0.1, 0.15) is 0 Å². The number of oxazole rings is 1. The zero-order valence-corrected chi connectivity index (χ0v) is 16.5. The number of hydrogen-bond donors (Lipinski definition) is 1. The third-order valence-corrected chi connectivity index (χ3v) is 6.22. The van der Waals surface area contributed by atoms with Crippen molar-refractivity contribution in [2.24, 2.45) is 5.41 Å². The molecule has 4 heteroatoms. The Morgan fingerprint density at radius 3 is 2.00 bits per heavy atom. The van der Waals surface area contributed by atoms with Crippen LogP contribution in [0.25, 0.3) is 22.8 Å². The fourth-order valence-electron chi connectivity index (χ4n) is 4.49. The molecule has 1 fully saturated rings. The van der Waals surface area contributed by atoms with Crippen molar-refractivity contribution < 1.29 is 14.3 Å². The highest BCUT2D eigenvalue weighted by atomic mass is 16.4. The topological polar surface area (TPSA) is 63.3 Å². The lowest BCUT2D eigenvalue weighted by molar-refractivity contribution is -0.143. The van der Waals surface area contributed by atoms with E-state index in [1.807, 2.05) is 91.9 Å². The zero-order chi connectivity index (χ0) is 20.7. The molecule has 1 heterocycles. The van der Waals surface area contributed by atoms with E-state index in [-0.39, 0.29) is 11.8 Å². The van der Waals surface area contributed by atoms with Crippen LogP contribution in [0.15, 0.2) is 95.5 Å². The quantitative estimate of drug-likeness (QED) is 0.451. The first kappa shape index (κ1) is 18.4. The van der Waals surface area contributed by atoms with Crippen molar-refractivity contribution in [3.05, 3.63) is 102 Å². The monoisotopic (exact) mass is 395 g/mol. The summed E-state index contributed by atoms with van der Waals surface area (Å²) in [5.74, 6) is 0.433. The summed E-state index contributed by atoms with van der Waals surface area (Å²) in [6, 6.07) is 27.7. The number of carboxylic acid groups (broad SMARTS) is 1. The third kappa shape index (κ3) is 2.92. The van der Waals surface area contributed by atoms with Crippen molar-refractivity contribution in [1.29, 1.82) is 0 Å². The van der Waals surface area contributed by atoms with Crippen molar-refractivity contribution in [2.45, 2.75) is 18.8 Å². The van der Waals surface area contributed by atoms with E-state index in [4.69, 9.17) is 4.42 Å². The highest BCUT2D eigenvalue weighted by molar-refractivity contribution is 5.83. The normalized spacial score (nSPS) is 22.6. The fraction of sp³-hybridized carbons (Fsp3) is 0.154. The minimum absolute atomic E-state index is 0.0305. The Morgan fingerprint density at radius 1 is 0.833 bits per heavy atom. The molecule has 0 amide bonds. The van der Waals surface area contributed by atoms with E-state index in [1.54, 1.807) is 6.20 Å². The van der Waals surface area contributed by atoms with Gasteiger partial charge in [0, 0.05) is 23.0 Å². The van der Waals surface area contributed by atoms with Crippen LogP contribution in [0.2, 0.25) is 0 Å². The highest BCUT2D eigenvalue weighted by Crippen LogP contribution is 2.70. The molecule has 148 valence electrons. The summed E-state index contributed by atoms with van der Waals surface area (Å²) in [6.45, 7) is 1.84. The number of aromatic nitrogens is 1. The second-order valence-electron chi connectivity index (χ2n) is 7.97. The molecule has 3 aromatic carbocycles. The van der Waals surface area contributed by atoms with Gasteiger partial charge in [-0.2, -0.15) is 0 Å². The van der Waals surface area contributed by atoms with Crippen LogP contribution in [0.4, 0.5) is 0 Å². The molecular weight excluding hydrogens is 374 g/mol. The molecule has 1 saturated carbocycles. The summed E-state index contributed by atoms with van der Waals surface area (Å²) >= 11 is 0. The number of aliphatic carboxylic acids is 1. The molecule has 0 aliphatic heterocycles. The number of rotatable bonds is 5. The van der Waals surface area contributed by atoms with Gasteiger partial charge in [-0.05, 0) is 30.2 Å². The van der Waals surface area contributed by atoms with Crippen LogP contribution in [-0.4, -0.2) is 16.1 Å². The highest BCUT2D eigenvalue weighted by Gasteiger charge is 2.67. The molecule has 0 spiro atoms. The van der Waals surface area contributed by atoms with Crippen LogP contribution in [0.1, 0.15) is 29.9 Å². The average Bonchev–Trinajstić information content (AvgIpc) is 3.16. The van der Waals surface area contributed by atoms with Crippen LogP contribution < -0.4 is 0 Å². The van der Waals surface area contributed by atoms with Gasteiger partial charge in [-0.3, -0.25) is 4.79 Å². The molecule has 30 heavy (non-hydrogen) atoms. The van der Waals surface area contributed by atoms with Gasteiger partial charge >= 0.3 is 5.97 Å². The Bertz CT molecular complexity index is 1180. The Hall–Kier alpha value is -3.66. The van der Waals surface area contributed by atoms with Crippen LogP contribution in [0, 0.1) is 5.41 Å². The van der Waals surface area contributed by atoms with Gasteiger partial charge in [0.15, 0.2) is 5.76 Å². The molecular formula is C26H21NO3. The van der Waals surface area contributed by atoms with Crippen LogP contribution in [0.3, 0.4) is 0 Å². The molecule has 0 saturated heterocycles. The lowest BCUT2D eigenvalue weighted by Gasteiger charge is -2.06. The van der Waals surface area contributed by atoms with Gasteiger partial charge in [-0.1, -0.05) is 72.8 Å². The maximum absolute atomic E-state index is 12.1. The Labute approximate surface area is 174 Å². The van der Waals surface area contributed by atoms with Crippen molar-refractivity contribution in [1.82, 2.24) is 4.98 Å². The SMILES string of the molecule is C[C@@]1(C(=O)O)[C@@H](c2ccccc2)[C@@H]1c1ccc(-c2cnc(-c3ccccc3)o2)cc1. The van der Waals surface area contributed by atoms with Gasteiger partial charge < -0.3 is 9.52 Å². The molecule has 4 aromatic rings. The van der Waals surface area contributed by atoms with Crippen LogP contribution in [-0.2, 0) is 4.79 Å². The van der Waals surface area contributed by atoms with E-state index in [0.29, 0.717) is 11.7 Å². The van der Waals surface area contributed by atoms with Crippen molar-refractivity contribution in [3.63, 3.8) is 0 Å². The minimum atomic E-state index is -0.796. The number of carbonyl (C=O) groups is 1. The number of nitrogens with zero attached hydrogens (tertiary/aromatic N) is 1. The van der Waals surface area contributed by atoms with E-state index < -0.39 is 11.4 Å². The van der Waals surface area contributed by atoms with Gasteiger partial charge in [0.05, 0.1) is 11.6 Å². The Morgan fingerprint density at radius 2 is 1.40 bits per heavy atom. The molecule has 1 aliphatic rings. The number of hydrogen-bond acceptors (Lipinski definition) is 3. The lowest BCUT2D eigenvalue weighted by atomic mass is 9.99. The lowest BCUT2D eigenvalue weighted by Crippen LogP contribution is -2.14. The molecule has 3 atom stereocenters. The maximum atomic E-state index is 12.1. The van der Waals surface area contributed by atoms with E-state index in [2.05, 4.69) is 4.98 Å². The molecule has 5 rings (SSSR count).